The number of halogens is 1. The number of benzene rings is 2. The maximum atomic E-state index is 12.8. The van der Waals surface area contributed by atoms with E-state index in [1.807, 2.05) is 11.8 Å². The number of para-hydroxylation sites is 1. The Morgan fingerprint density at radius 1 is 1.11 bits per heavy atom. The molecule has 1 N–H and O–H groups in total. The van der Waals surface area contributed by atoms with Crippen LogP contribution in [0.3, 0.4) is 0 Å². The summed E-state index contributed by atoms with van der Waals surface area (Å²) in [5.41, 5.74) is 1.41. The summed E-state index contributed by atoms with van der Waals surface area (Å²) < 4.78 is 5.39. The molecule has 1 aliphatic heterocycles. The molecule has 0 radical (unpaired) electrons. The maximum absolute atomic E-state index is 12.8. The topological polar surface area (TPSA) is 58.6 Å². The largest absolute Gasteiger partial charge is 0.492 e. The van der Waals surface area contributed by atoms with Crippen LogP contribution in [-0.4, -0.2) is 36.4 Å². The monoisotopic (exact) mass is 386 g/mol. The molecular formula is C21H23ClN2O3. The minimum atomic E-state index is -0.321. The van der Waals surface area contributed by atoms with Crippen LogP contribution in [0.15, 0.2) is 42.5 Å². The highest BCUT2D eigenvalue weighted by molar-refractivity contribution is 6.32. The van der Waals surface area contributed by atoms with Gasteiger partial charge in [0.05, 0.1) is 22.9 Å². The third kappa shape index (κ3) is 4.61. The molecule has 0 bridgehead atoms. The summed E-state index contributed by atoms with van der Waals surface area (Å²) in [6.07, 6.45) is 3.19. The highest BCUT2D eigenvalue weighted by Gasteiger charge is 2.21. The van der Waals surface area contributed by atoms with Gasteiger partial charge in [-0.1, -0.05) is 23.7 Å². The number of carbonyl (C=O) groups is 2. The molecule has 27 heavy (non-hydrogen) atoms. The van der Waals surface area contributed by atoms with Crippen LogP contribution in [0.4, 0.5) is 5.69 Å². The molecule has 0 spiro atoms. The van der Waals surface area contributed by atoms with Crippen LogP contribution in [0.5, 0.6) is 5.75 Å². The lowest BCUT2D eigenvalue weighted by Gasteiger charge is -2.27. The lowest BCUT2D eigenvalue weighted by molar-refractivity contribution is 0.0725. The molecule has 1 fully saturated rings. The summed E-state index contributed by atoms with van der Waals surface area (Å²) in [5, 5.41) is 3.22. The first kappa shape index (κ1) is 19.2. The molecule has 0 aliphatic carbocycles. The molecule has 5 nitrogen and oxygen atoms in total. The predicted octanol–water partition coefficient (Wildman–Crippen LogP) is 4.62. The fourth-order valence-corrected chi connectivity index (χ4v) is 3.39. The molecule has 2 aromatic carbocycles. The highest BCUT2D eigenvalue weighted by atomic mass is 35.5. The zero-order chi connectivity index (χ0) is 19.2. The van der Waals surface area contributed by atoms with Crippen molar-refractivity contribution < 1.29 is 14.3 Å². The second kappa shape index (κ2) is 8.91. The van der Waals surface area contributed by atoms with E-state index in [0.29, 0.717) is 34.2 Å². The molecule has 2 aromatic rings. The zero-order valence-corrected chi connectivity index (χ0v) is 16.1. The molecule has 0 unspecified atom stereocenters. The Hall–Kier alpha value is -2.53. The van der Waals surface area contributed by atoms with E-state index in [9.17, 15) is 9.59 Å². The highest BCUT2D eigenvalue weighted by Crippen LogP contribution is 2.26. The first-order valence-corrected chi connectivity index (χ1v) is 9.60. The third-order valence-corrected chi connectivity index (χ3v) is 4.84. The molecule has 1 aliphatic rings. The van der Waals surface area contributed by atoms with Gasteiger partial charge in [0, 0.05) is 18.7 Å². The first-order chi connectivity index (χ1) is 13.1. The quantitative estimate of drug-likeness (QED) is 0.815. The van der Waals surface area contributed by atoms with Crippen molar-refractivity contribution in [3.63, 3.8) is 0 Å². The molecule has 142 valence electrons. The Kier molecular flexibility index (Phi) is 6.35. The number of anilines is 1. The van der Waals surface area contributed by atoms with E-state index >= 15 is 0 Å². The minimum absolute atomic E-state index is 0.0460. The minimum Gasteiger partial charge on any atom is -0.492 e. The van der Waals surface area contributed by atoms with E-state index in [1.165, 1.54) is 0 Å². The van der Waals surface area contributed by atoms with Crippen LogP contribution in [0.25, 0.3) is 0 Å². The van der Waals surface area contributed by atoms with Crippen molar-refractivity contribution in [2.45, 2.75) is 26.2 Å². The predicted molar refractivity (Wildman–Crippen MR) is 107 cm³/mol. The number of rotatable bonds is 5. The van der Waals surface area contributed by atoms with Crippen LogP contribution in [-0.2, 0) is 0 Å². The smallest absolute Gasteiger partial charge is 0.255 e. The lowest BCUT2D eigenvalue weighted by Crippen LogP contribution is -2.36. The number of nitrogens with one attached hydrogen (secondary N) is 1. The molecule has 2 amide bonds. The number of piperidine rings is 1. The number of likely N-dealkylation sites (tertiary alicyclic amines) is 1. The summed E-state index contributed by atoms with van der Waals surface area (Å²) in [4.78, 5) is 27.3. The van der Waals surface area contributed by atoms with Crippen molar-refractivity contribution in [3.8, 4) is 5.75 Å². The van der Waals surface area contributed by atoms with Gasteiger partial charge in [0.1, 0.15) is 5.75 Å². The van der Waals surface area contributed by atoms with Crippen molar-refractivity contribution in [1.82, 2.24) is 4.90 Å². The normalized spacial score (nSPS) is 13.9. The van der Waals surface area contributed by atoms with Gasteiger partial charge >= 0.3 is 0 Å². The number of nitrogens with zero attached hydrogens (tertiary/aromatic N) is 1. The first-order valence-electron chi connectivity index (χ1n) is 9.22. The Bertz CT molecular complexity index is 832. The Labute approximate surface area is 164 Å². The summed E-state index contributed by atoms with van der Waals surface area (Å²) in [5.74, 6) is 0.172. The number of carbonyl (C=O) groups excluding carboxylic acids is 2. The van der Waals surface area contributed by atoms with Crippen LogP contribution >= 0.6 is 11.6 Å². The van der Waals surface area contributed by atoms with Crippen LogP contribution < -0.4 is 10.1 Å². The van der Waals surface area contributed by atoms with E-state index in [1.54, 1.807) is 42.5 Å². The van der Waals surface area contributed by atoms with Crippen molar-refractivity contribution in [2.75, 3.05) is 25.0 Å². The van der Waals surface area contributed by atoms with E-state index in [2.05, 4.69) is 5.32 Å². The van der Waals surface area contributed by atoms with Crippen LogP contribution in [0.1, 0.15) is 46.9 Å². The van der Waals surface area contributed by atoms with Crippen LogP contribution in [0, 0.1) is 0 Å². The second-order valence-corrected chi connectivity index (χ2v) is 6.84. The van der Waals surface area contributed by atoms with Gasteiger partial charge in [-0.05, 0) is 56.5 Å². The summed E-state index contributed by atoms with van der Waals surface area (Å²) in [7, 11) is 0. The lowest BCUT2D eigenvalue weighted by atomic mass is 10.1. The average Bonchev–Trinajstić information content (AvgIpc) is 2.70. The molecule has 0 aromatic heterocycles. The second-order valence-electron chi connectivity index (χ2n) is 6.43. The summed E-state index contributed by atoms with van der Waals surface area (Å²) >= 11 is 6.17. The van der Waals surface area contributed by atoms with Gasteiger partial charge in [-0.3, -0.25) is 9.59 Å². The Morgan fingerprint density at radius 2 is 1.85 bits per heavy atom. The van der Waals surface area contributed by atoms with Gasteiger partial charge in [-0.15, -0.1) is 0 Å². The standard InChI is InChI=1S/C21H23ClN2O3/c1-2-27-19-11-10-15(14-17(19)22)20(25)23-18-9-5-4-8-16(18)21(26)24-12-6-3-7-13-24/h4-5,8-11,14H,2-3,6-7,12-13H2,1H3,(H,23,25). The molecule has 0 saturated carbocycles. The zero-order valence-electron chi connectivity index (χ0n) is 15.3. The number of amides is 2. The van der Waals surface area contributed by atoms with Crippen molar-refractivity contribution in [2.24, 2.45) is 0 Å². The summed E-state index contributed by atoms with van der Waals surface area (Å²) in [6.45, 7) is 3.88. The van der Waals surface area contributed by atoms with E-state index in [4.69, 9.17) is 16.3 Å². The molecule has 1 heterocycles. The van der Waals surface area contributed by atoms with Crippen molar-refractivity contribution in [1.29, 1.82) is 0 Å². The molecular weight excluding hydrogens is 364 g/mol. The molecule has 1 saturated heterocycles. The Balaban J connectivity index is 1.78. The summed E-state index contributed by atoms with van der Waals surface area (Å²) in [6, 6.07) is 12.0. The number of ether oxygens (including phenoxy) is 1. The molecule has 3 rings (SSSR count). The van der Waals surface area contributed by atoms with Gasteiger partial charge in [0.25, 0.3) is 11.8 Å². The van der Waals surface area contributed by atoms with Gasteiger partial charge in [0.2, 0.25) is 0 Å². The number of hydrogen-bond acceptors (Lipinski definition) is 3. The SMILES string of the molecule is CCOc1ccc(C(=O)Nc2ccccc2C(=O)N2CCCCC2)cc1Cl. The van der Waals surface area contributed by atoms with E-state index in [-0.39, 0.29) is 11.8 Å². The Morgan fingerprint density at radius 3 is 2.56 bits per heavy atom. The van der Waals surface area contributed by atoms with Crippen molar-refractivity contribution in [3.05, 3.63) is 58.6 Å². The van der Waals surface area contributed by atoms with Crippen LogP contribution in [0.2, 0.25) is 5.02 Å². The molecule has 6 heteroatoms. The number of hydrogen-bond donors (Lipinski definition) is 1. The van der Waals surface area contributed by atoms with Gasteiger partial charge < -0.3 is 15.0 Å². The van der Waals surface area contributed by atoms with Gasteiger partial charge in [0.15, 0.2) is 0 Å². The van der Waals surface area contributed by atoms with Gasteiger partial charge in [-0.2, -0.15) is 0 Å². The van der Waals surface area contributed by atoms with Gasteiger partial charge in [-0.25, -0.2) is 0 Å². The third-order valence-electron chi connectivity index (χ3n) is 4.54. The maximum Gasteiger partial charge on any atom is 0.255 e. The fraction of sp³-hybridized carbons (Fsp3) is 0.333. The molecule has 0 atom stereocenters. The average molecular weight is 387 g/mol. The van der Waals surface area contributed by atoms with Crippen molar-refractivity contribution >= 4 is 29.1 Å². The van der Waals surface area contributed by atoms with E-state index < -0.39 is 0 Å². The fourth-order valence-electron chi connectivity index (χ4n) is 3.16. The van der Waals surface area contributed by atoms with E-state index in [0.717, 1.165) is 32.4 Å².